The Hall–Kier alpha value is -1.57. The van der Waals surface area contributed by atoms with E-state index in [0.29, 0.717) is 12.0 Å². The summed E-state index contributed by atoms with van der Waals surface area (Å²) in [4.78, 5) is 4.45. The maximum atomic E-state index is 4.45. The fraction of sp³-hybridized carbons (Fsp3) is 0.763. The molecule has 2 heteroatoms. The smallest absolute Gasteiger partial charge is 0.0948 e. The molecule has 2 atom stereocenters. The first kappa shape index (κ1) is 34.6. The number of unbranched alkanes of at least 4 members (excludes halogenated alkanes) is 20. The van der Waals surface area contributed by atoms with E-state index in [9.17, 15) is 0 Å². The number of aromatic nitrogens is 2. The molecule has 0 spiro atoms. The molecule has 0 amide bonds. The molecule has 0 aliphatic heterocycles. The highest BCUT2D eigenvalue weighted by Crippen LogP contribution is 2.32. The molecule has 0 saturated carbocycles. The third-order valence-corrected chi connectivity index (χ3v) is 9.07. The Morgan fingerprint density at radius 1 is 0.550 bits per heavy atom. The second-order valence-corrected chi connectivity index (χ2v) is 12.7. The molecule has 0 aliphatic carbocycles. The highest BCUT2D eigenvalue weighted by atomic mass is 15.1. The second kappa shape index (κ2) is 25.2. The summed E-state index contributed by atoms with van der Waals surface area (Å²) in [6.07, 6.45) is 41.3. The molecule has 40 heavy (non-hydrogen) atoms. The van der Waals surface area contributed by atoms with Gasteiger partial charge < -0.3 is 4.57 Å². The highest BCUT2D eigenvalue weighted by molar-refractivity contribution is 5.15. The minimum absolute atomic E-state index is 0.574. The maximum Gasteiger partial charge on any atom is 0.0948 e. The molecule has 228 valence electrons. The number of imidazole rings is 1. The molecule has 2 aromatic rings. The van der Waals surface area contributed by atoms with Gasteiger partial charge in [-0.3, -0.25) is 0 Å². The quantitative estimate of drug-likeness (QED) is 0.0963. The SMILES string of the molecule is CCCCCCCCCCCCCCCCCC(C(CCCCCCCCC)Cc1ccccc1)n1ccnc1. The molecule has 2 rings (SSSR count). The van der Waals surface area contributed by atoms with E-state index in [4.69, 9.17) is 0 Å². The molecule has 1 aromatic heterocycles. The van der Waals surface area contributed by atoms with Gasteiger partial charge in [-0.2, -0.15) is 0 Å². The zero-order chi connectivity index (χ0) is 28.4. The Morgan fingerprint density at radius 3 is 1.45 bits per heavy atom. The van der Waals surface area contributed by atoms with Gasteiger partial charge in [-0.25, -0.2) is 4.98 Å². The Bertz CT molecular complexity index is 753. The van der Waals surface area contributed by atoms with Crippen molar-refractivity contribution in [3.05, 3.63) is 54.6 Å². The van der Waals surface area contributed by atoms with Crippen molar-refractivity contribution in [2.45, 2.75) is 180 Å². The third-order valence-electron chi connectivity index (χ3n) is 9.07. The van der Waals surface area contributed by atoms with Gasteiger partial charge in [0, 0.05) is 18.4 Å². The largest absolute Gasteiger partial charge is 0.334 e. The first-order valence-corrected chi connectivity index (χ1v) is 17.9. The average molecular weight is 551 g/mol. The molecule has 2 nitrogen and oxygen atoms in total. The van der Waals surface area contributed by atoms with Gasteiger partial charge in [0.1, 0.15) is 0 Å². The summed E-state index contributed by atoms with van der Waals surface area (Å²) in [6, 6.07) is 11.8. The number of hydrogen-bond acceptors (Lipinski definition) is 1. The monoisotopic (exact) mass is 551 g/mol. The molecule has 0 fully saturated rings. The predicted molar refractivity (Wildman–Crippen MR) is 177 cm³/mol. The van der Waals surface area contributed by atoms with Crippen molar-refractivity contribution in [2.75, 3.05) is 0 Å². The molecule has 0 saturated heterocycles. The van der Waals surface area contributed by atoms with E-state index >= 15 is 0 Å². The Kier molecular flexibility index (Phi) is 21.8. The van der Waals surface area contributed by atoms with Gasteiger partial charge in [0.15, 0.2) is 0 Å². The second-order valence-electron chi connectivity index (χ2n) is 12.7. The lowest BCUT2D eigenvalue weighted by Crippen LogP contribution is -2.21. The fourth-order valence-corrected chi connectivity index (χ4v) is 6.53. The lowest BCUT2D eigenvalue weighted by atomic mass is 9.84. The van der Waals surface area contributed by atoms with Gasteiger partial charge in [-0.05, 0) is 30.7 Å². The molecule has 0 bridgehead atoms. The normalized spacial score (nSPS) is 13.1. The summed E-state index contributed by atoms with van der Waals surface area (Å²) in [7, 11) is 0. The van der Waals surface area contributed by atoms with Gasteiger partial charge in [0.2, 0.25) is 0 Å². The van der Waals surface area contributed by atoms with Gasteiger partial charge in [0.25, 0.3) is 0 Å². The van der Waals surface area contributed by atoms with E-state index in [1.54, 1.807) is 0 Å². The van der Waals surface area contributed by atoms with E-state index in [1.165, 1.54) is 166 Å². The number of nitrogens with zero attached hydrogens (tertiary/aromatic N) is 2. The molecule has 1 aromatic carbocycles. The van der Waals surface area contributed by atoms with E-state index in [2.05, 4.69) is 66.3 Å². The molecular weight excluding hydrogens is 484 g/mol. The molecule has 0 N–H and O–H groups in total. The lowest BCUT2D eigenvalue weighted by Gasteiger charge is -2.29. The van der Waals surface area contributed by atoms with Crippen LogP contribution in [0.15, 0.2) is 49.1 Å². The zero-order valence-corrected chi connectivity index (χ0v) is 26.8. The van der Waals surface area contributed by atoms with Gasteiger partial charge in [-0.15, -0.1) is 0 Å². The maximum absolute atomic E-state index is 4.45. The number of hydrogen-bond donors (Lipinski definition) is 0. The average Bonchev–Trinajstić information content (AvgIpc) is 3.51. The van der Waals surface area contributed by atoms with Crippen LogP contribution in [0.5, 0.6) is 0 Å². The lowest BCUT2D eigenvalue weighted by molar-refractivity contribution is 0.275. The van der Waals surface area contributed by atoms with Gasteiger partial charge in [0.05, 0.1) is 6.33 Å². The summed E-state index contributed by atoms with van der Waals surface area (Å²) >= 11 is 0. The predicted octanol–water partition coefficient (Wildman–Crippen LogP) is 12.7. The van der Waals surface area contributed by atoms with Crippen molar-refractivity contribution in [1.29, 1.82) is 0 Å². The number of rotatable bonds is 28. The van der Waals surface area contributed by atoms with Crippen LogP contribution in [0.25, 0.3) is 0 Å². The van der Waals surface area contributed by atoms with Crippen LogP contribution in [0.4, 0.5) is 0 Å². The molecular formula is C38H66N2. The first-order valence-electron chi connectivity index (χ1n) is 17.9. The zero-order valence-electron chi connectivity index (χ0n) is 26.8. The standard InChI is InChI=1S/C38H66N2/c1-3-5-7-9-11-12-13-14-15-16-17-18-20-22-27-31-38(40-33-32-39-35-40)37(34-36-28-24-23-25-29-36)30-26-21-19-10-8-6-4-2/h23-25,28-29,32-33,35,37-38H,3-22,26-27,30-31,34H2,1-2H3. The Morgan fingerprint density at radius 2 is 1.00 bits per heavy atom. The van der Waals surface area contributed by atoms with E-state index < -0.39 is 0 Å². The fourth-order valence-electron chi connectivity index (χ4n) is 6.53. The van der Waals surface area contributed by atoms with Crippen LogP contribution in [0.3, 0.4) is 0 Å². The highest BCUT2D eigenvalue weighted by Gasteiger charge is 2.23. The van der Waals surface area contributed by atoms with Crippen LogP contribution in [0, 0.1) is 5.92 Å². The van der Waals surface area contributed by atoms with Crippen molar-refractivity contribution in [2.24, 2.45) is 5.92 Å². The van der Waals surface area contributed by atoms with Crippen LogP contribution in [-0.4, -0.2) is 9.55 Å². The van der Waals surface area contributed by atoms with Crippen molar-refractivity contribution < 1.29 is 0 Å². The molecule has 0 radical (unpaired) electrons. The third kappa shape index (κ3) is 17.3. The number of benzene rings is 1. The topological polar surface area (TPSA) is 17.8 Å². The first-order chi connectivity index (χ1) is 19.8. The van der Waals surface area contributed by atoms with Crippen molar-refractivity contribution in [1.82, 2.24) is 9.55 Å². The minimum Gasteiger partial charge on any atom is -0.334 e. The Labute approximate surface area is 250 Å². The van der Waals surface area contributed by atoms with Gasteiger partial charge >= 0.3 is 0 Å². The van der Waals surface area contributed by atoms with Crippen molar-refractivity contribution in [3.8, 4) is 0 Å². The summed E-state index contributed by atoms with van der Waals surface area (Å²) < 4.78 is 2.44. The van der Waals surface area contributed by atoms with Crippen LogP contribution in [0.2, 0.25) is 0 Å². The van der Waals surface area contributed by atoms with Crippen molar-refractivity contribution >= 4 is 0 Å². The summed E-state index contributed by atoms with van der Waals surface area (Å²) in [6.45, 7) is 4.61. The summed E-state index contributed by atoms with van der Waals surface area (Å²) in [5, 5.41) is 0. The van der Waals surface area contributed by atoms with E-state index in [1.807, 2.05) is 6.20 Å². The van der Waals surface area contributed by atoms with Crippen molar-refractivity contribution in [3.63, 3.8) is 0 Å². The Balaban J connectivity index is 1.69. The summed E-state index contributed by atoms with van der Waals surface area (Å²) in [5.74, 6) is 0.693. The van der Waals surface area contributed by atoms with E-state index in [-0.39, 0.29) is 0 Å². The van der Waals surface area contributed by atoms with Gasteiger partial charge in [-0.1, -0.05) is 185 Å². The summed E-state index contributed by atoms with van der Waals surface area (Å²) in [5.41, 5.74) is 1.50. The van der Waals surface area contributed by atoms with E-state index in [0.717, 1.165) is 0 Å². The molecule has 0 aliphatic rings. The molecule has 1 heterocycles. The van der Waals surface area contributed by atoms with Crippen LogP contribution in [-0.2, 0) is 6.42 Å². The van der Waals surface area contributed by atoms with Crippen LogP contribution in [0.1, 0.15) is 180 Å². The minimum atomic E-state index is 0.574. The van der Waals surface area contributed by atoms with Crippen LogP contribution < -0.4 is 0 Å². The molecule has 2 unspecified atom stereocenters. The van der Waals surface area contributed by atoms with Crippen LogP contribution >= 0.6 is 0 Å².